The molecule has 156 valence electrons. The van der Waals surface area contributed by atoms with E-state index in [0.29, 0.717) is 5.69 Å². The van der Waals surface area contributed by atoms with Crippen molar-refractivity contribution in [3.8, 4) is 0 Å². The molecule has 0 unspecified atom stereocenters. The Bertz CT molecular complexity index is 813. The zero-order valence-electron chi connectivity index (χ0n) is 16.4. The molecule has 2 amide bonds. The number of hydrogen-bond donors (Lipinski definition) is 3. The molecule has 0 aliphatic carbocycles. The molecule has 0 saturated carbocycles. The molecule has 1 saturated heterocycles. The number of nitrogens with two attached hydrogens (primary N) is 1. The minimum absolute atomic E-state index is 0.0638. The molecule has 4 N–H and O–H groups in total. The quantitative estimate of drug-likeness (QED) is 0.551. The average molecular weight is 402 g/mol. The lowest BCUT2D eigenvalue weighted by molar-refractivity contribution is -0.136. The van der Waals surface area contributed by atoms with Gasteiger partial charge < -0.3 is 30.7 Å². The summed E-state index contributed by atoms with van der Waals surface area (Å²) in [6.07, 6.45) is 1.47. The Morgan fingerprint density at radius 1 is 1.24 bits per heavy atom. The molecule has 2 heterocycles. The van der Waals surface area contributed by atoms with Gasteiger partial charge >= 0.3 is 5.97 Å². The first-order valence-corrected chi connectivity index (χ1v) is 9.57. The number of β-amino-alcohol motifs (C(OH)–C–C–N with tert-alkyl or cyclic N) is 1. The third kappa shape index (κ3) is 4.51. The number of carbonyl (C=O) groups excluding carboxylic acids is 3. The van der Waals surface area contributed by atoms with Gasteiger partial charge in [0, 0.05) is 36.9 Å². The molecule has 2 aliphatic heterocycles. The maximum Gasteiger partial charge on any atom is 0.337 e. The van der Waals surface area contributed by atoms with Gasteiger partial charge in [-0.1, -0.05) is 0 Å². The highest BCUT2D eigenvalue weighted by atomic mass is 16.5. The summed E-state index contributed by atoms with van der Waals surface area (Å²) in [6.45, 7) is 1.57. The lowest BCUT2D eigenvalue weighted by Crippen LogP contribution is -2.38. The highest BCUT2D eigenvalue weighted by Crippen LogP contribution is 2.27. The summed E-state index contributed by atoms with van der Waals surface area (Å²) in [5, 5.41) is 12.1. The second-order valence-corrected chi connectivity index (χ2v) is 7.13. The van der Waals surface area contributed by atoms with E-state index in [2.05, 4.69) is 10.2 Å². The highest BCUT2D eigenvalue weighted by molar-refractivity contribution is 6.08. The van der Waals surface area contributed by atoms with Crippen LogP contribution in [0.4, 0.5) is 11.4 Å². The maximum absolute atomic E-state index is 12.6. The second kappa shape index (κ2) is 8.95. The monoisotopic (exact) mass is 402 g/mol. The number of benzene rings is 1. The van der Waals surface area contributed by atoms with E-state index in [4.69, 9.17) is 15.6 Å². The van der Waals surface area contributed by atoms with Crippen LogP contribution >= 0.6 is 0 Å². The fourth-order valence-electron chi connectivity index (χ4n) is 3.67. The molecule has 1 aromatic rings. The Labute approximate surface area is 169 Å². The van der Waals surface area contributed by atoms with Crippen molar-refractivity contribution in [1.29, 1.82) is 0 Å². The van der Waals surface area contributed by atoms with Crippen LogP contribution in [0.5, 0.6) is 0 Å². The van der Waals surface area contributed by atoms with E-state index in [9.17, 15) is 14.4 Å². The first-order chi connectivity index (χ1) is 13.9. The molecule has 9 heteroatoms. The molecule has 0 atom stereocenters. The number of esters is 1. The van der Waals surface area contributed by atoms with Gasteiger partial charge in [0.25, 0.3) is 5.91 Å². The molecule has 0 bridgehead atoms. The number of primary amides is 1. The number of anilines is 2. The Kier molecular flexibility index (Phi) is 6.38. The van der Waals surface area contributed by atoms with Crippen LogP contribution in [0.15, 0.2) is 35.5 Å². The van der Waals surface area contributed by atoms with Crippen molar-refractivity contribution in [3.05, 3.63) is 35.5 Å². The second-order valence-electron chi connectivity index (χ2n) is 7.13. The first kappa shape index (κ1) is 20.7. The van der Waals surface area contributed by atoms with Gasteiger partial charge in [-0.2, -0.15) is 0 Å². The summed E-state index contributed by atoms with van der Waals surface area (Å²) in [5.41, 5.74) is 7.47. The third-order valence-corrected chi connectivity index (χ3v) is 5.35. The van der Waals surface area contributed by atoms with Crippen molar-refractivity contribution >= 4 is 29.2 Å². The molecule has 0 aromatic heterocycles. The minimum Gasteiger partial charge on any atom is -0.466 e. The van der Waals surface area contributed by atoms with Crippen LogP contribution in [0.2, 0.25) is 0 Å². The number of rotatable bonds is 7. The number of piperidine rings is 1. The zero-order chi connectivity index (χ0) is 21.0. The van der Waals surface area contributed by atoms with E-state index in [1.165, 1.54) is 12.0 Å². The number of nitrogens with one attached hydrogen (secondary N) is 1. The summed E-state index contributed by atoms with van der Waals surface area (Å²) in [5.74, 6) is -1.23. The van der Waals surface area contributed by atoms with Gasteiger partial charge in [-0.25, -0.2) is 4.79 Å². The van der Waals surface area contributed by atoms with Crippen LogP contribution in [-0.4, -0.2) is 67.7 Å². The normalized spacial score (nSPS) is 17.7. The summed E-state index contributed by atoms with van der Waals surface area (Å²) < 4.78 is 4.78. The fourth-order valence-corrected chi connectivity index (χ4v) is 3.67. The number of methoxy groups -OCH3 is 1. The van der Waals surface area contributed by atoms with E-state index in [0.717, 1.165) is 31.6 Å². The smallest absolute Gasteiger partial charge is 0.337 e. The molecule has 0 radical (unpaired) electrons. The number of carbonyl (C=O) groups is 3. The highest BCUT2D eigenvalue weighted by Gasteiger charge is 2.34. The van der Waals surface area contributed by atoms with Crippen molar-refractivity contribution in [3.63, 3.8) is 0 Å². The number of ether oxygens (including phenoxy) is 1. The summed E-state index contributed by atoms with van der Waals surface area (Å²) in [7, 11) is 1.27. The number of aliphatic hydroxyl groups excluding tert-OH is 1. The standard InChI is InChI=1S/C20H26N4O5/c1-29-20(28)16-12-24(10-11-25)19(27)17(16)22-14-2-4-15(5-3-14)23-8-6-13(7-9-23)18(21)26/h2-5,13,22,25H,6-12H2,1H3,(H2,21,26). The Hall–Kier alpha value is -3.07. The predicted molar refractivity (Wildman–Crippen MR) is 107 cm³/mol. The molecule has 3 rings (SSSR count). The Balaban J connectivity index is 1.70. The molecule has 9 nitrogen and oxygen atoms in total. The largest absolute Gasteiger partial charge is 0.466 e. The van der Waals surface area contributed by atoms with Crippen molar-refractivity contribution in [2.75, 3.05) is 50.1 Å². The number of nitrogens with zero attached hydrogens (tertiary/aromatic N) is 2. The van der Waals surface area contributed by atoms with E-state index in [1.54, 1.807) is 0 Å². The molecule has 0 spiro atoms. The number of amides is 2. The molecular weight excluding hydrogens is 376 g/mol. The van der Waals surface area contributed by atoms with Crippen LogP contribution in [0.25, 0.3) is 0 Å². The van der Waals surface area contributed by atoms with Gasteiger partial charge in [0.05, 0.1) is 25.8 Å². The topological polar surface area (TPSA) is 125 Å². The Morgan fingerprint density at radius 3 is 2.45 bits per heavy atom. The van der Waals surface area contributed by atoms with Gasteiger partial charge in [0.1, 0.15) is 5.70 Å². The van der Waals surface area contributed by atoms with Crippen LogP contribution < -0.4 is 16.0 Å². The van der Waals surface area contributed by atoms with Gasteiger partial charge in [-0.3, -0.25) is 9.59 Å². The van der Waals surface area contributed by atoms with Gasteiger partial charge in [-0.15, -0.1) is 0 Å². The predicted octanol–water partition coefficient (Wildman–Crippen LogP) is 0.0618. The first-order valence-electron chi connectivity index (χ1n) is 9.57. The summed E-state index contributed by atoms with van der Waals surface area (Å²) in [6, 6.07) is 7.52. The van der Waals surface area contributed by atoms with Crippen molar-refractivity contribution in [2.24, 2.45) is 11.7 Å². The van der Waals surface area contributed by atoms with Crippen molar-refractivity contribution in [1.82, 2.24) is 4.90 Å². The molecular formula is C20H26N4O5. The molecule has 29 heavy (non-hydrogen) atoms. The van der Waals surface area contributed by atoms with Crippen LogP contribution in [0.3, 0.4) is 0 Å². The van der Waals surface area contributed by atoms with E-state index >= 15 is 0 Å². The maximum atomic E-state index is 12.6. The van der Waals surface area contributed by atoms with Gasteiger partial charge in [0.15, 0.2) is 0 Å². The lowest BCUT2D eigenvalue weighted by atomic mass is 9.96. The van der Waals surface area contributed by atoms with Crippen LogP contribution in [0.1, 0.15) is 12.8 Å². The molecule has 1 aromatic carbocycles. The average Bonchev–Trinajstić information content (AvgIpc) is 3.04. The number of hydrogen-bond acceptors (Lipinski definition) is 7. The third-order valence-electron chi connectivity index (χ3n) is 5.35. The van der Waals surface area contributed by atoms with E-state index < -0.39 is 5.97 Å². The van der Waals surface area contributed by atoms with Crippen LogP contribution in [0, 0.1) is 5.92 Å². The van der Waals surface area contributed by atoms with Crippen molar-refractivity contribution in [2.45, 2.75) is 12.8 Å². The molecule has 2 aliphatic rings. The van der Waals surface area contributed by atoms with Crippen molar-refractivity contribution < 1.29 is 24.2 Å². The Morgan fingerprint density at radius 2 is 1.90 bits per heavy atom. The summed E-state index contributed by atoms with van der Waals surface area (Å²) >= 11 is 0. The lowest BCUT2D eigenvalue weighted by Gasteiger charge is -2.32. The molecule has 1 fully saturated rings. The fraction of sp³-hybridized carbons (Fsp3) is 0.450. The minimum atomic E-state index is -0.574. The van der Waals surface area contributed by atoms with E-state index in [1.807, 2.05) is 24.3 Å². The number of aliphatic hydroxyl groups is 1. The van der Waals surface area contributed by atoms with Gasteiger partial charge in [-0.05, 0) is 37.1 Å². The SMILES string of the molecule is COC(=O)C1=C(Nc2ccc(N3CCC(C(N)=O)CC3)cc2)C(=O)N(CCO)C1. The van der Waals surface area contributed by atoms with Crippen LogP contribution in [-0.2, 0) is 19.1 Å². The summed E-state index contributed by atoms with van der Waals surface area (Å²) in [4.78, 5) is 39.5. The van der Waals surface area contributed by atoms with E-state index in [-0.39, 0.29) is 48.7 Å². The van der Waals surface area contributed by atoms with Gasteiger partial charge in [0.2, 0.25) is 5.91 Å². The zero-order valence-corrected chi connectivity index (χ0v) is 16.4.